The summed E-state index contributed by atoms with van der Waals surface area (Å²) in [6.07, 6.45) is 4.67. The van der Waals surface area contributed by atoms with Crippen molar-refractivity contribution in [3.05, 3.63) is 46.2 Å². The number of nitriles is 1. The Bertz CT molecular complexity index is 571. The summed E-state index contributed by atoms with van der Waals surface area (Å²) in [5.41, 5.74) is 0.617. The van der Waals surface area contributed by atoms with Gasteiger partial charge in [0.05, 0.1) is 16.0 Å². The van der Waals surface area contributed by atoms with Crippen molar-refractivity contribution < 1.29 is 4.79 Å². The number of thiazole rings is 1. The molecule has 0 aromatic carbocycles. The third-order valence-corrected chi connectivity index (χ3v) is 3.20. The molecular formula is C12H9N3OS. The number of nitrogens with zero attached hydrogens (tertiary/aromatic N) is 3. The van der Waals surface area contributed by atoms with Gasteiger partial charge >= 0.3 is 0 Å². The van der Waals surface area contributed by atoms with Gasteiger partial charge in [0.25, 0.3) is 0 Å². The van der Waals surface area contributed by atoms with Crippen molar-refractivity contribution in [1.82, 2.24) is 9.97 Å². The van der Waals surface area contributed by atoms with Crippen LogP contribution in [0.15, 0.2) is 30.7 Å². The van der Waals surface area contributed by atoms with Crippen LogP contribution in [0.25, 0.3) is 0 Å². The van der Waals surface area contributed by atoms with Gasteiger partial charge in [0.1, 0.15) is 5.92 Å². The largest absolute Gasteiger partial charge is 0.291 e. The molecule has 0 saturated carbocycles. The molecule has 4 nitrogen and oxygen atoms in total. The van der Waals surface area contributed by atoms with Crippen molar-refractivity contribution in [2.24, 2.45) is 0 Å². The monoisotopic (exact) mass is 243 g/mol. The quantitative estimate of drug-likeness (QED) is 0.776. The molecule has 0 saturated heterocycles. The lowest BCUT2D eigenvalue weighted by Gasteiger charge is -2.05. The van der Waals surface area contributed by atoms with Crippen LogP contribution in [-0.2, 0) is 0 Å². The van der Waals surface area contributed by atoms with Gasteiger partial charge in [0, 0.05) is 18.6 Å². The second kappa shape index (κ2) is 4.85. The number of Topliss-reactive ketones (excluding diaryl/α,β-unsaturated/α-hetero) is 1. The van der Waals surface area contributed by atoms with Crippen molar-refractivity contribution in [3.63, 3.8) is 0 Å². The fourth-order valence-electron chi connectivity index (χ4n) is 1.45. The molecule has 5 heteroatoms. The summed E-state index contributed by atoms with van der Waals surface area (Å²) in [5, 5.41) is 9.92. The summed E-state index contributed by atoms with van der Waals surface area (Å²) in [5.74, 6) is -1.02. The smallest absolute Gasteiger partial charge is 0.196 e. The van der Waals surface area contributed by atoms with E-state index in [-0.39, 0.29) is 5.78 Å². The SMILES string of the molecule is Cc1ncc(C(=O)C(C#N)c2cccnc2)s1. The van der Waals surface area contributed by atoms with Gasteiger partial charge in [-0.3, -0.25) is 9.78 Å². The highest BCUT2D eigenvalue weighted by atomic mass is 32.1. The van der Waals surface area contributed by atoms with Gasteiger partial charge in [-0.05, 0) is 18.6 Å². The topological polar surface area (TPSA) is 66.6 Å². The first-order valence-electron chi connectivity index (χ1n) is 4.98. The van der Waals surface area contributed by atoms with Gasteiger partial charge in [-0.2, -0.15) is 5.26 Å². The number of hydrogen-bond donors (Lipinski definition) is 0. The highest BCUT2D eigenvalue weighted by Gasteiger charge is 2.23. The van der Waals surface area contributed by atoms with Crippen LogP contribution in [0.4, 0.5) is 0 Å². The van der Waals surface area contributed by atoms with Crippen molar-refractivity contribution in [2.45, 2.75) is 12.8 Å². The molecule has 0 spiro atoms. The van der Waals surface area contributed by atoms with Crippen LogP contribution >= 0.6 is 11.3 Å². The Morgan fingerprint density at radius 2 is 2.35 bits per heavy atom. The molecule has 0 N–H and O–H groups in total. The maximum Gasteiger partial charge on any atom is 0.196 e. The third kappa shape index (κ3) is 2.37. The number of aromatic nitrogens is 2. The Labute approximate surface area is 103 Å². The lowest BCUT2D eigenvalue weighted by molar-refractivity contribution is 0.0982. The van der Waals surface area contributed by atoms with Crippen LogP contribution in [0.2, 0.25) is 0 Å². The maximum atomic E-state index is 12.1. The van der Waals surface area contributed by atoms with E-state index < -0.39 is 5.92 Å². The molecule has 0 bridgehead atoms. The molecule has 0 radical (unpaired) electrons. The molecule has 17 heavy (non-hydrogen) atoms. The first-order chi connectivity index (χ1) is 8.22. The van der Waals surface area contributed by atoms with E-state index in [9.17, 15) is 4.79 Å². The molecular weight excluding hydrogens is 234 g/mol. The second-order valence-corrected chi connectivity index (χ2v) is 4.69. The summed E-state index contributed by atoms with van der Waals surface area (Å²) in [4.78, 5) is 20.6. The summed E-state index contributed by atoms with van der Waals surface area (Å²) in [6.45, 7) is 1.83. The van der Waals surface area contributed by atoms with E-state index in [2.05, 4.69) is 9.97 Å². The van der Waals surface area contributed by atoms with Gasteiger partial charge in [-0.1, -0.05) is 6.07 Å². The first kappa shape index (κ1) is 11.4. The van der Waals surface area contributed by atoms with Gasteiger partial charge < -0.3 is 0 Å². The van der Waals surface area contributed by atoms with E-state index >= 15 is 0 Å². The van der Waals surface area contributed by atoms with E-state index in [1.165, 1.54) is 17.5 Å². The zero-order valence-corrected chi connectivity index (χ0v) is 9.94. The number of hydrogen-bond acceptors (Lipinski definition) is 5. The molecule has 2 heterocycles. The summed E-state index contributed by atoms with van der Waals surface area (Å²) in [7, 11) is 0. The number of rotatable bonds is 3. The van der Waals surface area contributed by atoms with Gasteiger partial charge in [-0.15, -0.1) is 11.3 Å². The van der Waals surface area contributed by atoms with Crippen molar-refractivity contribution in [2.75, 3.05) is 0 Å². The highest BCUT2D eigenvalue weighted by molar-refractivity contribution is 7.13. The zero-order valence-electron chi connectivity index (χ0n) is 9.12. The lowest BCUT2D eigenvalue weighted by Crippen LogP contribution is -2.09. The van der Waals surface area contributed by atoms with Crippen molar-refractivity contribution >= 4 is 17.1 Å². The van der Waals surface area contributed by atoms with Crippen LogP contribution in [0.3, 0.4) is 0 Å². The normalized spacial score (nSPS) is 11.8. The Balaban J connectivity index is 2.32. The number of carbonyl (C=O) groups excluding carboxylic acids is 1. The van der Waals surface area contributed by atoms with E-state index in [1.54, 1.807) is 24.5 Å². The molecule has 2 rings (SSSR count). The molecule has 0 fully saturated rings. The second-order valence-electron chi connectivity index (χ2n) is 3.46. The lowest BCUT2D eigenvalue weighted by atomic mass is 9.97. The Morgan fingerprint density at radius 1 is 1.53 bits per heavy atom. The molecule has 1 unspecified atom stereocenters. The van der Waals surface area contributed by atoms with Gasteiger partial charge in [0.2, 0.25) is 0 Å². The highest BCUT2D eigenvalue weighted by Crippen LogP contribution is 2.22. The minimum Gasteiger partial charge on any atom is -0.291 e. The molecule has 1 atom stereocenters. The minimum atomic E-state index is -0.802. The molecule has 2 aromatic heterocycles. The first-order valence-corrected chi connectivity index (χ1v) is 5.80. The number of carbonyl (C=O) groups is 1. The minimum absolute atomic E-state index is 0.217. The predicted octanol–water partition coefficient (Wildman–Crippen LogP) is 2.34. The Kier molecular flexibility index (Phi) is 3.26. The van der Waals surface area contributed by atoms with Gasteiger partial charge in [-0.25, -0.2) is 4.98 Å². The van der Waals surface area contributed by atoms with Crippen molar-refractivity contribution in [3.8, 4) is 6.07 Å². The summed E-state index contributed by atoms with van der Waals surface area (Å²) in [6, 6.07) is 5.46. The molecule has 84 valence electrons. The Hall–Kier alpha value is -2.06. The van der Waals surface area contributed by atoms with E-state index in [4.69, 9.17) is 5.26 Å². The molecule has 0 aliphatic rings. The Morgan fingerprint density at radius 3 is 2.88 bits per heavy atom. The fraction of sp³-hybridized carbons (Fsp3) is 0.167. The predicted molar refractivity (Wildman–Crippen MR) is 63.8 cm³/mol. The average molecular weight is 243 g/mol. The van der Waals surface area contributed by atoms with Crippen LogP contribution in [0.5, 0.6) is 0 Å². The van der Waals surface area contributed by atoms with Gasteiger partial charge in [0.15, 0.2) is 5.78 Å². The van der Waals surface area contributed by atoms with Crippen LogP contribution in [0, 0.1) is 18.3 Å². The molecule has 0 aliphatic carbocycles. The standard InChI is InChI=1S/C12H9N3OS/c1-8-15-7-11(17-8)12(16)10(5-13)9-3-2-4-14-6-9/h2-4,6-7,10H,1H3. The summed E-state index contributed by atoms with van der Waals surface area (Å²) < 4.78 is 0. The van der Waals surface area contributed by atoms with Crippen molar-refractivity contribution in [1.29, 1.82) is 5.26 Å². The van der Waals surface area contributed by atoms with Crippen LogP contribution in [0.1, 0.15) is 26.2 Å². The fourth-order valence-corrected chi connectivity index (χ4v) is 2.20. The summed E-state index contributed by atoms with van der Waals surface area (Å²) >= 11 is 1.30. The average Bonchev–Trinajstić information content (AvgIpc) is 2.78. The molecule has 0 amide bonds. The number of pyridine rings is 1. The molecule has 2 aromatic rings. The van der Waals surface area contributed by atoms with E-state index in [1.807, 2.05) is 13.0 Å². The van der Waals surface area contributed by atoms with Crippen LogP contribution < -0.4 is 0 Å². The van der Waals surface area contributed by atoms with E-state index in [0.29, 0.717) is 10.4 Å². The maximum absolute atomic E-state index is 12.1. The third-order valence-electron chi connectivity index (χ3n) is 2.27. The number of ketones is 1. The number of aryl methyl sites for hydroxylation is 1. The van der Waals surface area contributed by atoms with E-state index in [0.717, 1.165) is 5.01 Å². The van der Waals surface area contributed by atoms with Crippen LogP contribution in [-0.4, -0.2) is 15.8 Å². The molecule has 0 aliphatic heterocycles. The zero-order chi connectivity index (χ0) is 12.3.